The second-order valence-electron chi connectivity index (χ2n) is 9.37. The Morgan fingerprint density at radius 1 is 1.17 bits per heavy atom. The SMILES string of the molecule is CS(=O)(=O)Nc1ccc(NC(=O)c2n[nH]c3ccc(C4C=NC=C(CN5CCCCC5)C4)cc23)cn1. The number of hydrogen-bond donors (Lipinski definition) is 3. The van der Waals surface area contributed by atoms with E-state index < -0.39 is 10.0 Å². The molecule has 1 saturated heterocycles. The molecule has 1 fully saturated rings. The van der Waals surface area contributed by atoms with Gasteiger partial charge in [0.2, 0.25) is 10.0 Å². The quantitative estimate of drug-likeness (QED) is 0.448. The van der Waals surface area contributed by atoms with Crippen LogP contribution in [0.2, 0.25) is 0 Å². The molecule has 2 aromatic heterocycles. The van der Waals surface area contributed by atoms with Gasteiger partial charge in [-0.2, -0.15) is 5.10 Å². The monoisotopic (exact) mass is 507 g/mol. The summed E-state index contributed by atoms with van der Waals surface area (Å²) in [5, 5.41) is 10.7. The summed E-state index contributed by atoms with van der Waals surface area (Å²) in [4.78, 5) is 24.1. The van der Waals surface area contributed by atoms with Crippen LogP contribution in [0.25, 0.3) is 10.9 Å². The van der Waals surface area contributed by atoms with Gasteiger partial charge in [-0.15, -0.1) is 0 Å². The Morgan fingerprint density at radius 3 is 2.75 bits per heavy atom. The fourth-order valence-electron chi connectivity index (χ4n) is 4.70. The number of aliphatic imine (C=N–C) groups is 1. The molecule has 1 amide bonds. The Labute approximate surface area is 210 Å². The molecule has 3 aromatic rings. The summed E-state index contributed by atoms with van der Waals surface area (Å²) in [6.45, 7) is 3.26. The lowest BCUT2D eigenvalue weighted by Gasteiger charge is -2.29. The van der Waals surface area contributed by atoms with E-state index in [-0.39, 0.29) is 23.3 Å². The number of aromatic nitrogens is 3. The number of benzene rings is 1. The fraction of sp³-hybridized carbons (Fsp3) is 0.360. The standard InChI is InChI=1S/C25H29N7O3S/c1-36(34,35)31-23-8-6-20(15-27-23)28-25(33)24-21-12-18(5-7-22(21)29-30-24)19-11-17(13-26-14-19)16-32-9-3-2-4-10-32/h5-8,12-15,19H,2-4,9-11,16H2,1H3,(H,27,31)(H,28,33)(H,29,30). The summed E-state index contributed by atoms with van der Waals surface area (Å²) in [5.74, 6) is -0.0654. The molecule has 36 heavy (non-hydrogen) atoms. The van der Waals surface area contributed by atoms with Crippen LogP contribution in [0.15, 0.2) is 53.3 Å². The maximum Gasteiger partial charge on any atom is 0.276 e. The number of piperidine rings is 1. The highest BCUT2D eigenvalue weighted by Gasteiger charge is 2.21. The summed E-state index contributed by atoms with van der Waals surface area (Å²) in [6.07, 6.45) is 11.2. The third-order valence-corrected chi connectivity index (χ3v) is 7.00. The molecule has 0 radical (unpaired) electrons. The van der Waals surface area contributed by atoms with Crippen LogP contribution in [-0.4, -0.2) is 66.5 Å². The van der Waals surface area contributed by atoms with Crippen molar-refractivity contribution in [2.75, 3.05) is 35.9 Å². The normalized spacial score (nSPS) is 18.7. The molecule has 0 saturated carbocycles. The lowest BCUT2D eigenvalue weighted by atomic mass is 9.90. The van der Waals surface area contributed by atoms with Crippen molar-refractivity contribution >= 4 is 44.6 Å². The minimum Gasteiger partial charge on any atom is -0.319 e. The first-order chi connectivity index (χ1) is 17.3. The number of amides is 1. The minimum absolute atomic E-state index is 0.143. The lowest BCUT2D eigenvalue weighted by Crippen LogP contribution is -2.32. The largest absolute Gasteiger partial charge is 0.319 e. The first kappa shape index (κ1) is 24.1. The molecule has 0 spiro atoms. The zero-order valence-corrected chi connectivity index (χ0v) is 20.9. The molecular weight excluding hydrogens is 478 g/mol. The molecule has 3 N–H and O–H groups in total. The average Bonchev–Trinajstić information content (AvgIpc) is 3.29. The van der Waals surface area contributed by atoms with E-state index in [1.807, 2.05) is 24.5 Å². The summed E-state index contributed by atoms with van der Waals surface area (Å²) < 4.78 is 25.0. The van der Waals surface area contributed by atoms with Crippen molar-refractivity contribution in [3.05, 3.63) is 59.6 Å². The molecule has 4 heterocycles. The predicted octanol–water partition coefficient (Wildman–Crippen LogP) is 3.51. The van der Waals surface area contributed by atoms with E-state index in [1.54, 1.807) is 6.07 Å². The van der Waals surface area contributed by atoms with Crippen molar-refractivity contribution < 1.29 is 13.2 Å². The number of carbonyl (C=O) groups excluding carboxylic acids is 1. The number of fused-ring (bicyclic) bond motifs is 1. The predicted molar refractivity (Wildman–Crippen MR) is 141 cm³/mol. The van der Waals surface area contributed by atoms with E-state index in [1.165, 1.54) is 37.1 Å². The van der Waals surface area contributed by atoms with Crippen LogP contribution in [0.5, 0.6) is 0 Å². The number of anilines is 2. The zero-order valence-electron chi connectivity index (χ0n) is 20.1. The molecule has 11 heteroatoms. The van der Waals surface area contributed by atoms with Gasteiger partial charge in [0.1, 0.15) is 5.82 Å². The number of carbonyl (C=O) groups is 1. The number of sulfonamides is 1. The van der Waals surface area contributed by atoms with E-state index in [9.17, 15) is 13.2 Å². The minimum atomic E-state index is -3.43. The van der Waals surface area contributed by atoms with Crippen LogP contribution in [0, 0.1) is 0 Å². The van der Waals surface area contributed by atoms with E-state index in [4.69, 9.17) is 0 Å². The number of hydrogen-bond acceptors (Lipinski definition) is 7. The van der Waals surface area contributed by atoms with Crippen molar-refractivity contribution in [3.8, 4) is 0 Å². The van der Waals surface area contributed by atoms with Gasteiger partial charge in [0, 0.05) is 30.3 Å². The van der Waals surface area contributed by atoms with Crippen LogP contribution in [0.3, 0.4) is 0 Å². The fourth-order valence-corrected chi connectivity index (χ4v) is 5.20. The second kappa shape index (κ2) is 10.2. The second-order valence-corrected chi connectivity index (χ2v) is 11.1. The number of rotatable bonds is 7. The maximum absolute atomic E-state index is 13.0. The first-order valence-corrected chi connectivity index (χ1v) is 13.9. The van der Waals surface area contributed by atoms with Gasteiger partial charge in [-0.3, -0.25) is 24.5 Å². The van der Waals surface area contributed by atoms with Crippen LogP contribution >= 0.6 is 0 Å². The Hall–Kier alpha value is -3.57. The molecular formula is C25H29N7O3S. The summed E-state index contributed by atoms with van der Waals surface area (Å²) in [7, 11) is -3.43. The van der Waals surface area contributed by atoms with Crippen LogP contribution in [0.4, 0.5) is 11.5 Å². The molecule has 1 aromatic carbocycles. The van der Waals surface area contributed by atoms with Gasteiger partial charge in [0.15, 0.2) is 5.69 Å². The number of likely N-dealkylation sites (tertiary alicyclic amines) is 1. The number of nitrogens with zero attached hydrogens (tertiary/aromatic N) is 4. The third kappa shape index (κ3) is 5.80. The molecule has 1 unspecified atom stereocenters. The molecule has 2 aliphatic heterocycles. The number of aromatic amines is 1. The van der Waals surface area contributed by atoms with Gasteiger partial charge in [-0.1, -0.05) is 12.5 Å². The molecule has 5 rings (SSSR count). The number of nitrogens with one attached hydrogen (secondary N) is 3. The Kier molecular flexibility index (Phi) is 6.84. The van der Waals surface area contributed by atoms with Crippen LogP contribution in [-0.2, 0) is 10.0 Å². The zero-order chi connectivity index (χ0) is 25.1. The van der Waals surface area contributed by atoms with E-state index >= 15 is 0 Å². The van der Waals surface area contributed by atoms with Crippen molar-refractivity contribution in [2.45, 2.75) is 31.6 Å². The van der Waals surface area contributed by atoms with Crippen molar-refractivity contribution in [1.82, 2.24) is 20.1 Å². The molecule has 10 nitrogen and oxygen atoms in total. The highest BCUT2D eigenvalue weighted by atomic mass is 32.2. The van der Waals surface area contributed by atoms with Gasteiger partial charge in [0.25, 0.3) is 5.91 Å². The molecule has 1 atom stereocenters. The van der Waals surface area contributed by atoms with Gasteiger partial charge in [-0.05, 0) is 67.8 Å². The summed E-state index contributed by atoms with van der Waals surface area (Å²) >= 11 is 0. The number of H-pyrrole nitrogens is 1. The molecule has 2 aliphatic rings. The molecule has 188 valence electrons. The van der Waals surface area contributed by atoms with Crippen LogP contribution < -0.4 is 10.0 Å². The highest BCUT2D eigenvalue weighted by Crippen LogP contribution is 2.29. The molecule has 0 aliphatic carbocycles. The number of pyridine rings is 1. The van der Waals surface area contributed by atoms with Crippen molar-refractivity contribution in [2.24, 2.45) is 4.99 Å². The summed E-state index contributed by atoms with van der Waals surface area (Å²) in [6, 6.07) is 9.06. The first-order valence-electron chi connectivity index (χ1n) is 12.0. The maximum atomic E-state index is 13.0. The summed E-state index contributed by atoms with van der Waals surface area (Å²) in [5.41, 5.74) is 3.90. The van der Waals surface area contributed by atoms with E-state index in [2.05, 4.69) is 41.2 Å². The Morgan fingerprint density at radius 2 is 2.00 bits per heavy atom. The van der Waals surface area contributed by atoms with Crippen molar-refractivity contribution in [3.63, 3.8) is 0 Å². The third-order valence-electron chi connectivity index (χ3n) is 6.42. The average molecular weight is 508 g/mol. The van der Waals surface area contributed by atoms with Gasteiger partial charge in [0.05, 0.1) is 23.7 Å². The van der Waals surface area contributed by atoms with Gasteiger partial charge < -0.3 is 5.32 Å². The Bertz CT molecular complexity index is 1420. The van der Waals surface area contributed by atoms with E-state index in [0.717, 1.165) is 48.8 Å². The topological polar surface area (TPSA) is 132 Å². The highest BCUT2D eigenvalue weighted by molar-refractivity contribution is 7.92. The molecule has 0 bridgehead atoms. The van der Waals surface area contributed by atoms with E-state index in [0.29, 0.717) is 5.69 Å². The Balaban J connectivity index is 1.29. The van der Waals surface area contributed by atoms with Gasteiger partial charge in [-0.25, -0.2) is 13.4 Å². The van der Waals surface area contributed by atoms with Gasteiger partial charge >= 0.3 is 0 Å². The smallest absolute Gasteiger partial charge is 0.276 e. The van der Waals surface area contributed by atoms with Crippen LogP contribution in [0.1, 0.15) is 47.7 Å². The van der Waals surface area contributed by atoms with Crippen molar-refractivity contribution in [1.29, 1.82) is 0 Å². The lowest BCUT2D eigenvalue weighted by molar-refractivity contribution is 0.102.